The number of benzene rings is 2. The third-order valence-corrected chi connectivity index (χ3v) is 4.82. The van der Waals surface area contributed by atoms with Crippen molar-refractivity contribution in [2.45, 2.75) is 11.4 Å². The number of para-hydroxylation sites is 1. The number of aromatic nitrogens is 2. The quantitative estimate of drug-likeness (QED) is 0.454. The van der Waals surface area contributed by atoms with E-state index in [1.54, 1.807) is 30.0 Å². The topological polar surface area (TPSA) is 72.9 Å². The van der Waals surface area contributed by atoms with Gasteiger partial charge in [0, 0.05) is 11.1 Å². The summed E-state index contributed by atoms with van der Waals surface area (Å²) in [4.78, 5) is 12.4. The van der Waals surface area contributed by atoms with Gasteiger partial charge in [-0.3, -0.25) is 4.79 Å². The Labute approximate surface area is 168 Å². The van der Waals surface area contributed by atoms with Gasteiger partial charge in [0.25, 0.3) is 0 Å². The summed E-state index contributed by atoms with van der Waals surface area (Å²) in [6, 6.07) is 15.8. The Morgan fingerprint density at radius 1 is 1.29 bits per heavy atom. The number of rotatable bonds is 7. The van der Waals surface area contributed by atoms with E-state index in [1.165, 1.54) is 6.20 Å². The van der Waals surface area contributed by atoms with Crippen molar-refractivity contribution < 1.29 is 4.79 Å². The van der Waals surface area contributed by atoms with Gasteiger partial charge in [-0.2, -0.15) is 5.10 Å². The SMILES string of the molecule is C=C/C=C(\C=C/N)CC(=O)Nc1ccc2c(SC)nn(-c3ccccc3)c2c1. The molecule has 1 amide bonds. The largest absolute Gasteiger partial charge is 0.405 e. The molecule has 0 bridgehead atoms. The fourth-order valence-electron chi connectivity index (χ4n) is 2.92. The maximum atomic E-state index is 12.4. The Morgan fingerprint density at radius 2 is 2.07 bits per heavy atom. The second kappa shape index (κ2) is 9.10. The van der Waals surface area contributed by atoms with Crippen LogP contribution in [0.15, 0.2) is 90.1 Å². The standard InChI is InChI=1S/C22H22N4OS/c1-3-7-16(12-13-23)14-21(27)24-17-10-11-19-20(15-17)26(25-22(19)28-2)18-8-5-4-6-9-18/h3-13,15H,1,14,23H2,2H3,(H,24,27)/b13-12-,16-7+. The van der Waals surface area contributed by atoms with Crippen molar-refractivity contribution in [3.8, 4) is 5.69 Å². The maximum absolute atomic E-state index is 12.4. The summed E-state index contributed by atoms with van der Waals surface area (Å²) in [5, 5.41) is 9.66. The molecule has 0 saturated heterocycles. The van der Waals surface area contributed by atoms with Gasteiger partial charge in [-0.25, -0.2) is 4.68 Å². The van der Waals surface area contributed by atoms with Crippen LogP contribution in [0.1, 0.15) is 6.42 Å². The summed E-state index contributed by atoms with van der Waals surface area (Å²) < 4.78 is 1.90. The molecule has 0 radical (unpaired) electrons. The van der Waals surface area contributed by atoms with E-state index in [9.17, 15) is 4.79 Å². The highest BCUT2D eigenvalue weighted by molar-refractivity contribution is 7.98. The van der Waals surface area contributed by atoms with E-state index in [-0.39, 0.29) is 12.3 Å². The van der Waals surface area contributed by atoms with Crippen molar-refractivity contribution in [2.24, 2.45) is 5.73 Å². The van der Waals surface area contributed by atoms with Gasteiger partial charge in [-0.1, -0.05) is 36.9 Å². The molecule has 142 valence electrons. The molecule has 0 aliphatic heterocycles. The van der Waals surface area contributed by atoms with Crippen molar-refractivity contribution in [1.29, 1.82) is 0 Å². The van der Waals surface area contributed by atoms with E-state index in [4.69, 9.17) is 10.8 Å². The van der Waals surface area contributed by atoms with Gasteiger partial charge in [0.2, 0.25) is 5.91 Å². The monoisotopic (exact) mass is 390 g/mol. The summed E-state index contributed by atoms with van der Waals surface area (Å²) in [6.07, 6.45) is 8.73. The van der Waals surface area contributed by atoms with Crippen LogP contribution in [0, 0.1) is 0 Å². The zero-order valence-electron chi connectivity index (χ0n) is 15.6. The first-order valence-electron chi connectivity index (χ1n) is 8.78. The lowest BCUT2D eigenvalue weighted by molar-refractivity contribution is -0.115. The normalized spacial score (nSPS) is 11.8. The minimum Gasteiger partial charge on any atom is -0.405 e. The van der Waals surface area contributed by atoms with E-state index in [0.29, 0.717) is 0 Å². The highest BCUT2D eigenvalue weighted by Gasteiger charge is 2.13. The first kappa shape index (κ1) is 19.5. The molecule has 0 saturated carbocycles. The molecule has 5 nitrogen and oxygen atoms in total. The molecule has 28 heavy (non-hydrogen) atoms. The zero-order chi connectivity index (χ0) is 19.9. The molecule has 2 aromatic carbocycles. The van der Waals surface area contributed by atoms with E-state index in [2.05, 4.69) is 11.9 Å². The maximum Gasteiger partial charge on any atom is 0.228 e. The number of anilines is 1. The predicted octanol–water partition coefficient (Wildman–Crippen LogP) is 4.66. The van der Waals surface area contributed by atoms with E-state index < -0.39 is 0 Å². The van der Waals surface area contributed by atoms with Gasteiger partial charge in [0.15, 0.2) is 0 Å². The Bertz CT molecular complexity index is 1050. The van der Waals surface area contributed by atoms with Crippen LogP contribution in [0.5, 0.6) is 0 Å². The lowest BCUT2D eigenvalue weighted by Crippen LogP contribution is -2.12. The number of nitrogens with zero attached hydrogens (tertiary/aromatic N) is 2. The highest BCUT2D eigenvalue weighted by Crippen LogP contribution is 2.30. The van der Waals surface area contributed by atoms with Crippen molar-refractivity contribution in [3.05, 3.63) is 85.1 Å². The summed E-state index contributed by atoms with van der Waals surface area (Å²) in [7, 11) is 0. The number of fused-ring (bicyclic) bond motifs is 1. The average Bonchev–Trinajstić information content (AvgIpc) is 3.07. The summed E-state index contributed by atoms with van der Waals surface area (Å²) in [5.41, 5.74) is 8.86. The van der Waals surface area contributed by atoms with Gasteiger partial charge in [-0.15, -0.1) is 11.8 Å². The fourth-order valence-corrected chi connectivity index (χ4v) is 3.48. The molecule has 3 rings (SSSR count). The van der Waals surface area contributed by atoms with Gasteiger partial charge in [0.1, 0.15) is 5.03 Å². The number of allylic oxidation sites excluding steroid dienone is 3. The van der Waals surface area contributed by atoms with Crippen LogP contribution >= 0.6 is 11.8 Å². The Kier molecular flexibility index (Phi) is 6.34. The van der Waals surface area contributed by atoms with Crippen molar-refractivity contribution in [1.82, 2.24) is 9.78 Å². The smallest absolute Gasteiger partial charge is 0.228 e. The molecule has 0 fully saturated rings. The number of hydrogen-bond donors (Lipinski definition) is 2. The second-order valence-corrected chi connectivity index (χ2v) is 6.84. The molecule has 0 aliphatic rings. The van der Waals surface area contributed by atoms with Gasteiger partial charge >= 0.3 is 0 Å². The highest BCUT2D eigenvalue weighted by atomic mass is 32.2. The lowest BCUT2D eigenvalue weighted by atomic mass is 10.1. The number of thioether (sulfide) groups is 1. The van der Waals surface area contributed by atoms with Crippen molar-refractivity contribution in [3.63, 3.8) is 0 Å². The van der Waals surface area contributed by atoms with Crippen LogP contribution in [-0.4, -0.2) is 21.9 Å². The Morgan fingerprint density at radius 3 is 2.75 bits per heavy atom. The van der Waals surface area contributed by atoms with E-state index in [1.807, 2.05) is 59.5 Å². The predicted molar refractivity (Wildman–Crippen MR) is 118 cm³/mol. The number of carbonyl (C=O) groups excluding carboxylic acids is 1. The van der Waals surface area contributed by atoms with Crippen molar-refractivity contribution >= 4 is 34.3 Å². The lowest BCUT2D eigenvalue weighted by Gasteiger charge is -2.08. The number of carbonyl (C=O) groups is 1. The number of hydrogen-bond acceptors (Lipinski definition) is 4. The van der Waals surface area contributed by atoms with Crippen LogP contribution in [0.25, 0.3) is 16.6 Å². The molecule has 1 aromatic heterocycles. The molecular formula is C22H22N4OS. The van der Waals surface area contributed by atoms with Crippen LogP contribution in [0.2, 0.25) is 0 Å². The van der Waals surface area contributed by atoms with Gasteiger partial charge < -0.3 is 11.1 Å². The minimum absolute atomic E-state index is 0.124. The van der Waals surface area contributed by atoms with Crippen LogP contribution < -0.4 is 11.1 Å². The number of nitrogens with one attached hydrogen (secondary N) is 1. The third kappa shape index (κ3) is 4.35. The summed E-state index contributed by atoms with van der Waals surface area (Å²) >= 11 is 1.60. The van der Waals surface area contributed by atoms with Gasteiger partial charge in [0.05, 0.1) is 17.6 Å². The zero-order valence-corrected chi connectivity index (χ0v) is 16.4. The molecule has 6 heteroatoms. The molecular weight excluding hydrogens is 368 g/mol. The molecule has 0 spiro atoms. The molecule has 0 aliphatic carbocycles. The second-order valence-electron chi connectivity index (χ2n) is 6.05. The van der Waals surface area contributed by atoms with Crippen LogP contribution in [-0.2, 0) is 4.79 Å². The molecule has 3 N–H and O–H groups in total. The first-order valence-corrected chi connectivity index (χ1v) is 10.0. The average molecular weight is 391 g/mol. The molecule has 3 aromatic rings. The van der Waals surface area contributed by atoms with Gasteiger partial charge in [-0.05, 0) is 54.4 Å². The van der Waals surface area contributed by atoms with Crippen LogP contribution in [0.4, 0.5) is 5.69 Å². The third-order valence-electron chi connectivity index (χ3n) is 4.13. The summed E-state index contributed by atoms with van der Waals surface area (Å²) in [6.45, 7) is 3.66. The number of nitrogens with two attached hydrogens (primary N) is 1. The number of amides is 1. The van der Waals surface area contributed by atoms with Crippen LogP contribution in [0.3, 0.4) is 0 Å². The minimum atomic E-state index is -0.124. The first-order chi connectivity index (χ1) is 13.7. The van der Waals surface area contributed by atoms with Crippen molar-refractivity contribution in [2.75, 3.05) is 11.6 Å². The Balaban J connectivity index is 1.92. The summed E-state index contributed by atoms with van der Waals surface area (Å²) in [5.74, 6) is -0.124. The Hall–Kier alpha value is -3.25. The van der Waals surface area contributed by atoms with E-state index in [0.717, 1.165) is 32.9 Å². The molecule has 0 atom stereocenters. The molecule has 1 heterocycles. The molecule has 0 unspecified atom stereocenters. The fraction of sp³-hybridized carbons (Fsp3) is 0.0909. The van der Waals surface area contributed by atoms with E-state index >= 15 is 0 Å².